The van der Waals surface area contributed by atoms with Crippen LogP contribution in [0.15, 0.2) is 95.9 Å². The van der Waals surface area contributed by atoms with Crippen molar-refractivity contribution in [1.29, 1.82) is 0 Å². The van der Waals surface area contributed by atoms with E-state index < -0.39 is 27.6 Å². The van der Waals surface area contributed by atoms with Gasteiger partial charge in [0.25, 0.3) is 5.91 Å². The van der Waals surface area contributed by atoms with Gasteiger partial charge in [0.2, 0.25) is 10.0 Å². The highest BCUT2D eigenvalue weighted by atomic mass is 32.2. The van der Waals surface area contributed by atoms with Crippen molar-refractivity contribution in [2.24, 2.45) is 0 Å². The van der Waals surface area contributed by atoms with Crippen LogP contribution >= 0.6 is 0 Å². The van der Waals surface area contributed by atoms with Gasteiger partial charge in [-0.3, -0.25) is 4.79 Å². The molecule has 196 valence electrons. The Kier molecular flexibility index (Phi) is 8.50. The van der Waals surface area contributed by atoms with Crippen LogP contribution < -0.4 is 14.8 Å². The zero-order valence-corrected chi connectivity index (χ0v) is 21.4. The molecule has 0 fully saturated rings. The van der Waals surface area contributed by atoms with Gasteiger partial charge in [0, 0.05) is 12.2 Å². The molecule has 0 saturated carbocycles. The molecule has 0 unspecified atom stereocenters. The SMILES string of the molecule is Cc1cccc(C(=O)Nc2ccc(CCNS(=O)(=O)c3ccccc3)cc2)c1OCc1ccc(F)c(F)c1. The lowest BCUT2D eigenvalue weighted by Crippen LogP contribution is -2.25. The molecule has 4 rings (SSSR count). The van der Waals surface area contributed by atoms with Crippen molar-refractivity contribution in [3.8, 4) is 5.75 Å². The van der Waals surface area contributed by atoms with E-state index in [1.807, 2.05) is 12.1 Å². The highest BCUT2D eigenvalue weighted by Gasteiger charge is 2.16. The minimum atomic E-state index is -3.57. The van der Waals surface area contributed by atoms with Gasteiger partial charge in [-0.05, 0) is 72.5 Å². The second kappa shape index (κ2) is 12.0. The van der Waals surface area contributed by atoms with Crippen LogP contribution in [0.1, 0.15) is 27.0 Å². The molecule has 0 aliphatic rings. The van der Waals surface area contributed by atoms with Crippen molar-refractivity contribution in [2.45, 2.75) is 24.8 Å². The van der Waals surface area contributed by atoms with E-state index in [2.05, 4.69) is 10.0 Å². The summed E-state index contributed by atoms with van der Waals surface area (Å²) < 4.78 is 59.8. The molecule has 0 aromatic heterocycles. The van der Waals surface area contributed by atoms with E-state index in [1.165, 1.54) is 18.2 Å². The van der Waals surface area contributed by atoms with Crippen LogP contribution in [0.5, 0.6) is 5.75 Å². The van der Waals surface area contributed by atoms with Crippen LogP contribution in [-0.4, -0.2) is 20.9 Å². The predicted octanol–water partition coefficient (Wildman–Crippen LogP) is 5.63. The fourth-order valence-corrected chi connectivity index (χ4v) is 4.83. The number of nitrogens with one attached hydrogen (secondary N) is 2. The molecule has 0 atom stereocenters. The summed E-state index contributed by atoms with van der Waals surface area (Å²) in [5, 5.41) is 2.83. The van der Waals surface area contributed by atoms with Crippen LogP contribution in [0.3, 0.4) is 0 Å². The minimum absolute atomic E-state index is 0.0366. The van der Waals surface area contributed by atoms with Gasteiger partial charge in [-0.2, -0.15) is 0 Å². The first-order valence-corrected chi connectivity index (χ1v) is 13.3. The molecule has 4 aromatic rings. The third kappa shape index (κ3) is 6.81. The second-order valence-corrected chi connectivity index (χ2v) is 10.4. The van der Waals surface area contributed by atoms with Gasteiger partial charge in [-0.15, -0.1) is 0 Å². The maximum Gasteiger partial charge on any atom is 0.259 e. The zero-order valence-electron chi connectivity index (χ0n) is 20.6. The summed E-state index contributed by atoms with van der Waals surface area (Å²) in [6.45, 7) is 1.98. The van der Waals surface area contributed by atoms with Crippen LogP contribution in [-0.2, 0) is 23.1 Å². The Morgan fingerprint density at radius 1 is 0.842 bits per heavy atom. The van der Waals surface area contributed by atoms with Crippen LogP contribution in [0.4, 0.5) is 14.5 Å². The van der Waals surface area contributed by atoms with E-state index in [-0.39, 0.29) is 18.0 Å². The first-order valence-electron chi connectivity index (χ1n) is 11.8. The number of carbonyl (C=O) groups excluding carboxylic acids is 1. The van der Waals surface area contributed by atoms with Crippen LogP contribution in [0, 0.1) is 18.6 Å². The molecule has 0 saturated heterocycles. The number of hydrogen-bond donors (Lipinski definition) is 2. The topological polar surface area (TPSA) is 84.5 Å². The number of sulfonamides is 1. The fraction of sp³-hybridized carbons (Fsp3) is 0.138. The third-order valence-electron chi connectivity index (χ3n) is 5.79. The number of amides is 1. The number of hydrogen-bond acceptors (Lipinski definition) is 4. The highest BCUT2D eigenvalue weighted by Crippen LogP contribution is 2.26. The fourth-order valence-electron chi connectivity index (χ4n) is 3.77. The Morgan fingerprint density at radius 3 is 2.26 bits per heavy atom. The van der Waals surface area contributed by atoms with Gasteiger partial charge in [-0.25, -0.2) is 21.9 Å². The van der Waals surface area contributed by atoms with Gasteiger partial charge >= 0.3 is 0 Å². The third-order valence-corrected chi connectivity index (χ3v) is 7.27. The lowest BCUT2D eigenvalue weighted by atomic mass is 10.1. The summed E-state index contributed by atoms with van der Waals surface area (Å²) in [6.07, 6.45) is 0.472. The van der Waals surface area contributed by atoms with Gasteiger partial charge in [0.15, 0.2) is 11.6 Å². The molecular weight excluding hydrogens is 510 g/mol. The molecule has 0 aliphatic carbocycles. The van der Waals surface area contributed by atoms with E-state index in [1.54, 1.807) is 55.5 Å². The minimum Gasteiger partial charge on any atom is -0.488 e. The first kappa shape index (κ1) is 27.0. The summed E-state index contributed by atoms with van der Waals surface area (Å²) in [4.78, 5) is 13.2. The summed E-state index contributed by atoms with van der Waals surface area (Å²) >= 11 is 0. The van der Waals surface area contributed by atoms with E-state index >= 15 is 0 Å². The summed E-state index contributed by atoms with van der Waals surface area (Å²) in [6, 6.07) is 23.9. The Balaban J connectivity index is 1.36. The molecule has 9 heteroatoms. The van der Waals surface area contributed by atoms with E-state index in [0.717, 1.165) is 17.7 Å². The molecule has 0 heterocycles. The normalized spacial score (nSPS) is 11.2. The molecule has 0 radical (unpaired) electrons. The zero-order chi connectivity index (χ0) is 27.1. The number of para-hydroxylation sites is 1. The van der Waals surface area contributed by atoms with Crippen molar-refractivity contribution in [2.75, 3.05) is 11.9 Å². The molecular formula is C29H26F2N2O4S. The van der Waals surface area contributed by atoms with Crippen LogP contribution in [0.25, 0.3) is 0 Å². The Morgan fingerprint density at radius 2 is 1.55 bits per heavy atom. The summed E-state index contributed by atoms with van der Waals surface area (Å²) in [5.74, 6) is -1.95. The standard InChI is InChI=1S/C29H26F2N2O4S/c1-20-6-5-9-25(28(20)37-19-22-12-15-26(30)27(31)18-22)29(34)33-23-13-10-21(11-14-23)16-17-32-38(35,36)24-7-3-2-4-8-24/h2-15,18,32H,16-17,19H2,1H3,(H,33,34). The van der Waals surface area contributed by atoms with Crippen LogP contribution in [0.2, 0.25) is 0 Å². The predicted molar refractivity (Wildman–Crippen MR) is 142 cm³/mol. The maximum atomic E-state index is 13.5. The van der Waals surface area contributed by atoms with Gasteiger partial charge < -0.3 is 10.1 Å². The van der Waals surface area contributed by atoms with Crippen molar-refractivity contribution in [3.05, 3.63) is 125 Å². The number of carbonyl (C=O) groups is 1. The van der Waals surface area contributed by atoms with Crippen molar-refractivity contribution in [1.82, 2.24) is 4.72 Å². The molecule has 2 N–H and O–H groups in total. The van der Waals surface area contributed by atoms with Crippen molar-refractivity contribution in [3.63, 3.8) is 0 Å². The molecule has 0 bridgehead atoms. The molecule has 6 nitrogen and oxygen atoms in total. The number of aryl methyl sites for hydroxylation is 1. The molecule has 38 heavy (non-hydrogen) atoms. The lowest BCUT2D eigenvalue weighted by molar-refractivity contribution is 0.102. The number of benzene rings is 4. The first-order chi connectivity index (χ1) is 18.2. The smallest absolute Gasteiger partial charge is 0.259 e. The average Bonchev–Trinajstić information content (AvgIpc) is 2.91. The average molecular weight is 537 g/mol. The quantitative estimate of drug-likeness (QED) is 0.275. The highest BCUT2D eigenvalue weighted by molar-refractivity contribution is 7.89. The number of ether oxygens (including phenoxy) is 1. The van der Waals surface area contributed by atoms with Crippen molar-refractivity contribution >= 4 is 21.6 Å². The van der Waals surface area contributed by atoms with E-state index in [0.29, 0.717) is 34.5 Å². The van der Waals surface area contributed by atoms with Gasteiger partial charge in [0.05, 0.1) is 10.5 Å². The second-order valence-electron chi connectivity index (χ2n) is 8.60. The maximum absolute atomic E-state index is 13.5. The largest absolute Gasteiger partial charge is 0.488 e. The Hall–Kier alpha value is -4.08. The summed E-state index contributed by atoms with van der Waals surface area (Å²) in [5.41, 5.74) is 2.89. The monoisotopic (exact) mass is 536 g/mol. The number of rotatable bonds is 10. The number of halogens is 2. The Labute approximate surface area is 220 Å². The summed E-state index contributed by atoms with van der Waals surface area (Å²) in [7, 11) is -3.57. The van der Waals surface area contributed by atoms with Gasteiger partial charge in [-0.1, -0.05) is 48.5 Å². The van der Waals surface area contributed by atoms with Gasteiger partial charge in [0.1, 0.15) is 12.4 Å². The lowest BCUT2D eigenvalue weighted by Gasteiger charge is -2.15. The van der Waals surface area contributed by atoms with E-state index in [4.69, 9.17) is 4.74 Å². The van der Waals surface area contributed by atoms with E-state index in [9.17, 15) is 22.0 Å². The molecule has 4 aromatic carbocycles. The molecule has 1 amide bonds. The molecule has 0 spiro atoms. The Bertz CT molecular complexity index is 1530. The molecule has 0 aliphatic heterocycles. The number of anilines is 1. The van der Waals surface area contributed by atoms with Crippen molar-refractivity contribution < 1.29 is 26.7 Å².